The fraction of sp³-hybridized carbons (Fsp3) is 0.0444. The van der Waals surface area contributed by atoms with Gasteiger partial charge in [-0.15, -0.1) is 0 Å². The smallest absolute Gasteiger partial charge is 0.238 e. The van der Waals surface area contributed by atoms with E-state index in [0.29, 0.717) is 17.6 Å². The topological polar surface area (TPSA) is 52.8 Å². The summed E-state index contributed by atoms with van der Waals surface area (Å²) in [5.41, 5.74) is 9.79. The highest BCUT2D eigenvalue weighted by Crippen LogP contribution is 2.43. The Morgan fingerprint density at radius 3 is 2.02 bits per heavy atom. The van der Waals surface area contributed by atoms with Crippen molar-refractivity contribution in [1.29, 1.82) is 0 Å². The van der Waals surface area contributed by atoms with Gasteiger partial charge in [0, 0.05) is 33.4 Å². The molecule has 0 amide bonds. The molecule has 1 aliphatic carbocycles. The molecule has 0 spiro atoms. The average Bonchev–Trinajstić information content (AvgIpc) is 3.73. The normalized spacial score (nSPS) is 16.2. The molecule has 0 bridgehead atoms. The number of para-hydroxylation sites is 2. The summed E-state index contributed by atoms with van der Waals surface area (Å²) < 4.78 is 8.58. The van der Waals surface area contributed by atoms with Gasteiger partial charge in [-0.1, -0.05) is 146 Å². The van der Waals surface area contributed by atoms with Crippen LogP contribution in [0.25, 0.3) is 67.0 Å². The van der Waals surface area contributed by atoms with Crippen LogP contribution in [-0.4, -0.2) is 25.6 Å². The number of hydrogen-bond donors (Lipinski definition) is 0. The van der Waals surface area contributed by atoms with Gasteiger partial charge >= 0.3 is 0 Å². The molecule has 0 fully saturated rings. The quantitative estimate of drug-likeness (QED) is 0.187. The zero-order valence-electron chi connectivity index (χ0n) is 27.0. The molecule has 3 heterocycles. The van der Waals surface area contributed by atoms with Gasteiger partial charge in [0.1, 0.15) is 11.9 Å². The Kier molecular flexibility index (Phi) is 6.56. The highest BCUT2D eigenvalue weighted by Gasteiger charge is 2.33. The standard InChI is InChI=1S/C45H30N4O/c1-3-13-29(14-4-1)33-17-7-8-18-34(33)31-23-25-36-35-19-9-11-21-39(35)49(40(36)27-31)45-47-43(30-15-5-2-6-16-30)46-44(48-45)32-24-26-38-37-20-10-12-22-41(37)50-42(38)28-32/h1-28,38,42H. The van der Waals surface area contributed by atoms with Gasteiger partial charge in [-0.25, -0.2) is 4.98 Å². The molecule has 236 valence electrons. The summed E-state index contributed by atoms with van der Waals surface area (Å²) in [5, 5.41) is 2.28. The monoisotopic (exact) mass is 642 g/mol. The van der Waals surface area contributed by atoms with Gasteiger partial charge in [0.05, 0.1) is 11.0 Å². The number of fused-ring (bicyclic) bond motifs is 6. The van der Waals surface area contributed by atoms with Crippen LogP contribution in [0.4, 0.5) is 0 Å². The Labute approximate surface area is 289 Å². The summed E-state index contributed by atoms with van der Waals surface area (Å²) in [5.74, 6) is 2.90. The highest BCUT2D eigenvalue weighted by atomic mass is 16.5. The van der Waals surface area contributed by atoms with Crippen molar-refractivity contribution in [2.45, 2.75) is 12.0 Å². The predicted molar refractivity (Wildman–Crippen MR) is 201 cm³/mol. The molecule has 50 heavy (non-hydrogen) atoms. The van der Waals surface area contributed by atoms with Crippen molar-refractivity contribution in [3.8, 4) is 45.3 Å². The average molecular weight is 643 g/mol. The van der Waals surface area contributed by atoms with Crippen molar-refractivity contribution in [1.82, 2.24) is 19.5 Å². The molecule has 2 unspecified atom stereocenters. The van der Waals surface area contributed by atoms with Gasteiger partial charge in [0.15, 0.2) is 11.6 Å². The maximum atomic E-state index is 6.39. The van der Waals surface area contributed by atoms with E-state index >= 15 is 0 Å². The van der Waals surface area contributed by atoms with Gasteiger partial charge in [0.2, 0.25) is 5.95 Å². The molecule has 0 saturated carbocycles. The number of hydrogen-bond acceptors (Lipinski definition) is 4. The van der Waals surface area contributed by atoms with Gasteiger partial charge in [0.25, 0.3) is 0 Å². The van der Waals surface area contributed by atoms with Gasteiger partial charge < -0.3 is 4.74 Å². The molecule has 5 nitrogen and oxygen atoms in total. The van der Waals surface area contributed by atoms with Gasteiger partial charge in [-0.3, -0.25) is 4.57 Å². The second-order valence-electron chi connectivity index (χ2n) is 12.8. The molecule has 10 rings (SSSR count). The maximum absolute atomic E-state index is 6.39. The zero-order valence-corrected chi connectivity index (χ0v) is 27.0. The lowest BCUT2D eigenvalue weighted by atomic mass is 9.89. The largest absolute Gasteiger partial charge is 0.485 e. The van der Waals surface area contributed by atoms with Gasteiger partial charge in [-0.2, -0.15) is 9.97 Å². The lowest BCUT2D eigenvalue weighted by Gasteiger charge is -2.18. The molecule has 6 aromatic carbocycles. The molecule has 2 aliphatic rings. The Balaban J connectivity index is 1.18. The molecular formula is C45H30N4O. The van der Waals surface area contributed by atoms with E-state index in [1.54, 1.807) is 0 Å². The SMILES string of the molecule is C1=CC2c3ccccc3OC2C=C1c1nc(-c2ccccc2)nc(-n2c3ccccc3c3ccc(-c4ccccc4-c4ccccc4)cc32)n1. The first-order chi connectivity index (χ1) is 24.8. The van der Waals surface area contributed by atoms with Crippen molar-refractivity contribution >= 4 is 27.4 Å². The maximum Gasteiger partial charge on any atom is 0.238 e. The van der Waals surface area contributed by atoms with Crippen LogP contribution in [-0.2, 0) is 0 Å². The van der Waals surface area contributed by atoms with E-state index < -0.39 is 0 Å². The number of nitrogens with zero attached hydrogens (tertiary/aromatic N) is 4. The van der Waals surface area contributed by atoms with Crippen molar-refractivity contribution in [2.24, 2.45) is 0 Å². The molecule has 0 radical (unpaired) electrons. The van der Waals surface area contributed by atoms with Crippen LogP contribution in [0.3, 0.4) is 0 Å². The number of ether oxygens (including phenoxy) is 1. The van der Waals surface area contributed by atoms with E-state index in [1.807, 2.05) is 42.5 Å². The fourth-order valence-electron chi connectivity index (χ4n) is 7.47. The van der Waals surface area contributed by atoms with Crippen LogP contribution in [0.1, 0.15) is 17.3 Å². The number of rotatable bonds is 5. The number of allylic oxidation sites excluding steroid dienone is 2. The summed E-state index contributed by atoms with van der Waals surface area (Å²) in [7, 11) is 0. The van der Waals surface area contributed by atoms with Crippen LogP contribution in [0.15, 0.2) is 170 Å². The van der Waals surface area contributed by atoms with E-state index in [-0.39, 0.29) is 12.0 Å². The molecule has 8 aromatic rings. The summed E-state index contributed by atoms with van der Waals surface area (Å²) in [6, 6.07) is 52.8. The molecule has 2 aromatic heterocycles. The third kappa shape index (κ3) is 4.66. The van der Waals surface area contributed by atoms with Crippen LogP contribution in [0, 0.1) is 0 Å². The highest BCUT2D eigenvalue weighted by molar-refractivity contribution is 6.10. The Bertz CT molecular complexity index is 2640. The minimum Gasteiger partial charge on any atom is -0.485 e. The molecule has 5 heteroatoms. The van der Waals surface area contributed by atoms with E-state index in [9.17, 15) is 0 Å². The minimum absolute atomic E-state index is 0.117. The molecule has 0 saturated heterocycles. The van der Waals surface area contributed by atoms with E-state index in [2.05, 4.69) is 132 Å². The Morgan fingerprint density at radius 1 is 0.520 bits per heavy atom. The van der Waals surface area contributed by atoms with Crippen molar-refractivity contribution in [3.05, 3.63) is 181 Å². The number of aromatic nitrogens is 4. The lowest BCUT2D eigenvalue weighted by molar-refractivity contribution is 0.269. The van der Waals surface area contributed by atoms with E-state index in [1.165, 1.54) is 22.3 Å². The van der Waals surface area contributed by atoms with Crippen molar-refractivity contribution < 1.29 is 4.74 Å². The second kappa shape index (κ2) is 11.5. The van der Waals surface area contributed by atoms with E-state index in [4.69, 9.17) is 19.7 Å². The molecular weight excluding hydrogens is 613 g/mol. The summed E-state index contributed by atoms with van der Waals surface area (Å²) in [4.78, 5) is 15.4. The van der Waals surface area contributed by atoms with Crippen molar-refractivity contribution in [3.63, 3.8) is 0 Å². The fourth-order valence-corrected chi connectivity index (χ4v) is 7.47. The summed E-state index contributed by atoms with van der Waals surface area (Å²) in [6.45, 7) is 0. The second-order valence-corrected chi connectivity index (χ2v) is 12.8. The first-order valence-electron chi connectivity index (χ1n) is 16.9. The first-order valence-corrected chi connectivity index (χ1v) is 16.9. The molecule has 1 aliphatic heterocycles. The Hall–Kier alpha value is -6.59. The molecule has 2 atom stereocenters. The summed E-state index contributed by atoms with van der Waals surface area (Å²) >= 11 is 0. The van der Waals surface area contributed by atoms with Crippen LogP contribution in [0.5, 0.6) is 5.75 Å². The first kappa shape index (κ1) is 28.4. The Morgan fingerprint density at radius 2 is 1.18 bits per heavy atom. The third-order valence-electron chi connectivity index (χ3n) is 9.83. The van der Waals surface area contributed by atoms with E-state index in [0.717, 1.165) is 44.3 Å². The van der Waals surface area contributed by atoms with Crippen molar-refractivity contribution in [2.75, 3.05) is 0 Å². The lowest BCUT2D eigenvalue weighted by Crippen LogP contribution is -2.18. The third-order valence-corrected chi connectivity index (χ3v) is 9.83. The van der Waals surface area contributed by atoms with Crippen LogP contribution < -0.4 is 4.74 Å². The van der Waals surface area contributed by atoms with Gasteiger partial charge in [-0.05, 0) is 46.5 Å². The number of benzene rings is 6. The predicted octanol–water partition coefficient (Wildman–Crippen LogP) is 10.5. The van der Waals surface area contributed by atoms with Crippen LogP contribution >= 0.6 is 0 Å². The zero-order chi connectivity index (χ0) is 33.0. The summed E-state index contributed by atoms with van der Waals surface area (Å²) in [6.07, 6.45) is 6.39. The van der Waals surface area contributed by atoms with Crippen LogP contribution in [0.2, 0.25) is 0 Å². The minimum atomic E-state index is -0.117. The molecule has 0 N–H and O–H groups in total.